The maximum Gasteiger partial charge on any atom is 0.194 e. The first kappa shape index (κ1) is 16.9. The first-order valence-electron chi connectivity index (χ1n) is 10.2. The van der Waals surface area contributed by atoms with E-state index in [1.165, 1.54) is 5.39 Å². The molecule has 1 aliphatic carbocycles. The van der Waals surface area contributed by atoms with E-state index in [1.807, 2.05) is 42.5 Å². The van der Waals surface area contributed by atoms with Crippen LogP contribution in [0.2, 0.25) is 0 Å². The molecule has 1 heteroatoms. The highest BCUT2D eigenvalue weighted by Crippen LogP contribution is 2.50. The average Bonchev–Trinajstić information content (AvgIpc) is 3.12. The highest BCUT2D eigenvalue weighted by Gasteiger charge is 2.33. The van der Waals surface area contributed by atoms with Gasteiger partial charge in [0.1, 0.15) is 0 Å². The van der Waals surface area contributed by atoms with Crippen molar-refractivity contribution in [1.82, 2.24) is 0 Å². The van der Waals surface area contributed by atoms with Crippen LogP contribution in [0, 0.1) is 0 Å². The fourth-order valence-corrected chi connectivity index (χ4v) is 4.78. The van der Waals surface area contributed by atoms with Gasteiger partial charge >= 0.3 is 0 Å². The van der Waals surface area contributed by atoms with E-state index in [9.17, 15) is 4.79 Å². The number of carbonyl (C=O) groups excluding carboxylic acids is 1. The van der Waals surface area contributed by atoms with Gasteiger partial charge in [0.05, 0.1) is 0 Å². The summed E-state index contributed by atoms with van der Waals surface area (Å²) in [7, 11) is 0. The lowest BCUT2D eigenvalue weighted by Gasteiger charge is -2.19. The molecule has 0 spiro atoms. The third-order valence-electron chi connectivity index (χ3n) is 6.01. The Balaban J connectivity index is 1.88. The standard InChI is InChI=1S/C29H18O/c30-29-24-18-10-9-17-23(24)27-22-16-8-7-15-21(22)25(19-11-3-1-4-12-19)26(28(27)29)20-13-5-2-6-14-20/h1-18H. The Morgan fingerprint density at radius 2 is 0.833 bits per heavy atom. The van der Waals surface area contributed by atoms with Crippen LogP contribution in [0.25, 0.3) is 44.2 Å². The summed E-state index contributed by atoms with van der Waals surface area (Å²) in [6.07, 6.45) is 0. The first-order chi connectivity index (χ1) is 14.8. The molecule has 1 aliphatic rings. The quantitative estimate of drug-likeness (QED) is 0.305. The first-order valence-corrected chi connectivity index (χ1v) is 10.2. The third-order valence-corrected chi connectivity index (χ3v) is 6.01. The van der Waals surface area contributed by atoms with E-state index in [1.54, 1.807) is 0 Å². The predicted octanol–water partition coefficient (Wildman–Crippen LogP) is 7.39. The second kappa shape index (κ2) is 6.53. The van der Waals surface area contributed by atoms with Crippen LogP contribution in [0.3, 0.4) is 0 Å². The number of fused-ring (bicyclic) bond motifs is 5. The summed E-state index contributed by atoms with van der Waals surface area (Å²) < 4.78 is 0. The molecule has 5 aromatic rings. The van der Waals surface area contributed by atoms with Crippen molar-refractivity contribution >= 4 is 16.6 Å². The van der Waals surface area contributed by atoms with E-state index in [0.29, 0.717) is 0 Å². The Kier molecular flexibility index (Phi) is 3.69. The maximum absolute atomic E-state index is 13.7. The molecule has 0 amide bonds. The Morgan fingerprint density at radius 3 is 1.47 bits per heavy atom. The molecular formula is C29H18O. The fourth-order valence-electron chi connectivity index (χ4n) is 4.78. The van der Waals surface area contributed by atoms with Gasteiger partial charge in [0.15, 0.2) is 5.78 Å². The predicted molar refractivity (Wildman–Crippen MR) is 124 cm³/mol. The van der Waals surface area contributed by atoms with E-state index in [0.717, 1.165) is 49.9 Å². The molecular weight excluding hydrogens is 364 g/mol. The lowest BCUT2D eigenvalue weighted by molar-refractivity contribution is 0.104. The minimum absolute atomic E-state index is 0.113. The second-order valence-corrected chi connectivity index (χ2v) is 7.65. The van der Waals surface area contributed by atoms with Crippen LogP contribution in [0.4, 0.5) is 0 Å². The normalized spacial score (nSPS) is 12.1. The molecule has 1 nitrogen and oxygen atoms in total. The van der Waals surface area contributed by atoms with Crippen LogP contribution in [-0.4, -0.2) is 5.78 Å². The molecule has 0 aromatic heterocycles. The zero-order valence-corrected chi connectivity index (χ0v) is 16.3. The van der Waals surface area contributed by atoms with Crippen LogP contribution in [0.15, 0.2) is 109 Å². The van der Waals surface area contributed by atoms with Crippen LogP contribution in [0.5, 0.6) is 0 Å². The summed E-state index contributed by atoms with van der Waals surface area (Å²) in [6.45, 7) is 0. The van der Waals surface area contributed by atoms with Gasteiger partial charge in [0.25, 0.3) is 0 Å². The average molecular weight is 382 g/mol. The summed E-state index contributed by atoms with van der Waals surface area (Å²) >= 11 is 0. The Bertz CT molecular complexity index is 1430. The summed E-state index contributed by atoms with van der Waals surface area (Å²) in [6, 6.07) is 37.2. The number of ketones is 1. The van der Waals surface area contributed by atoms with Crippen LogP contribution in [0.1, 0.15) is 15.9 Å². The lowest BCUT2D eigenvalue weighted by atomic mass is 9.83. The molecule has 0 fully saturated rings. The number of benzene rings is 5. The van der Waals surface area contributed by atoms with Gasteiger partial charge < -0.3 is 0 Å². The molecule has 0 saturated heterocycles. The highest BCUT2D eigenvalue weighted by molar-refractivity contribution is 6.31. The van der Waals surface area contributed by atoms with E-state index in [-0.39, 0.29) is 5.78 Å². The van der Waals surface area contributed by atoms with Gasteiger partial charge in [-0.3, -0.25) is 4.79 Å². The summed E-state index contributed by atoms with van der Waals surface area (Å²) in [4.78, 5) is 13.7. The van der Waals surface area contributed by atoms with Gasteiger partial charge in [-0.25, -0.2) is 0 Å². The van der Waals surface area contributed by atoms with E-state index in [2.05, 4.69) is 66.7 Å². The Morgan fingerprint density at radius 1 is 0.367 bits per heavy atom. The molecule has 0 heterocycles. The monoisotopic (exact) mass is 382 g/mol. The Hall–Kier alpha value is -3.97. The van der Waals surface area contributed by atoms with Gasteiger partial charge in [0, 0.05) is 22.3 Å². The van der Waals surface area contributed by atoms with Crippen molar-refractivity contribution in [2.24, 2.45) is 0 Å². The molecule has 0 aliphatic heterocycles. The van der Waals surface area contributed by atoms with E-state index >= 15 is 0 Å². The minimum Gasteiger partial charge on any atom is -0.289 e. The summed E-state index contributed by atoms with van der Waals surface area (Å²) in [5.74, 6) is 0.113. The lowest BCUT2D eigenvalue weighted by Crippen LogP contribution is -2.01. The fraction of sp³-hybridized carbons (Fsp3) is 0. The molecule has 0 N–H and O–H groups in total. The molecule has 6 rings (SSSR count). The third kappa shape index (κ3) is 2.33. The zero-order chi connectivity index (χ0) is 20.1. The molecule has 0 bridgehead atoms. The van der Waals surface area contributed by atoms with Crippen molar-refractivity contribution in [3.05, 3.63) is 120 Å². The molecule has 0 radical (unpaired) electrons. The zero-order valence-electron chi connectivity index (χ0n) is 16.3. The van der Waals surface area contributed by atoms with Crippen molar-refractivity contribution in [2.45, 2.75) is 0 Å². The van der Waals surface area contributed by atoms with Gasteiger partial charge in [-0.05, 0) is 33.0 Å². The van der Waals surface area contributed by atoms with Gasteiger partial charge in [-0.2, -0.15) is 0 Å². The van der Waals surface area contributed by atoms with Crippen molar-refractivity contribution in [2.75, 3.05) is 0 Å². The summed E-state index contributed by atoms with van der Waals surface area (Å²) in [5.41, 5.74) is 8.04. The maximum atomic E-state index is 13.7. The highest BCUT2D eigenvalue weighted by atomic mass is 16.1. The number of hydrogen-bond acceptors (Lipinski definition) is 1. The molecule has 0 unspecified atom stereocenters. The molecule has 0 atom stereocenters. The molecule has 5 aromatic carbocycles. The molecule has 0 saturated carbocycles. The van der Waals surface area contributed by atoms with Gasteiger partial charge in [0.2, 0.25) is 0 Å². The largest absolute Gasteiger partial charge is 0.289 e. The topological polar surface area (TPSA) is 17.1 Å². The van der Waals surface area contributed by atoms with Gasteiger partial charge in [-0.1, -0.05) is 109 Å². The Labute approximate surface area is 175 Å². The van der Waals surface area contributed by atoms with E-state index < -0.39 is 0 Å². The summed E-state index contributed by atoms with van der Waals surface area (Å²) in [5, 5.41) is 2.30. The van der Waals surface area contributed by atoms with Crippen LogP contribution < -0.4 is 0 Å². The number of rotatable bonds is 2. The number of carbonyl (C=O) groups is 1. The SMILES string of the molecule is O=C1c2ccccc2-c2c1c(-c1ccccc1)c(-c1ccccc1)c1ccccc21. The van der Waals surface area contributed by atoms with Crippen molar-refractivity contribution in [3.8, 4) is 33.4 Å². The second-order valence-electron chi connectivity index (χ2n) is 7.65. The van der Waals surface area contributed by atoms with E-state index in [4.69, 9.17) is 0 Å². The number of hydrogen-bond donors (Lipinski definition) is 0. The van der Waals surface area contributed by atoms with Crippen LogP contribution >= 0.6 is 0 Å². The van der Waals surface area contributed by atoms with Crippen LogP contribution in [-0.2, 0) is 0 Å². The van der Waals surface area contributed by atoms with Crippen molar-refractivity contribution in [3.63, 3.8) is 0 Å². The van der Waals surface area contributed by atoms with Crippen molar-refractivity contribution in [1.29, 1.82) is 0 Å². The molecule has 30 heavy (non-hydrogen) atoms. The minimum atomic E-state index is 0.113. The van der Waals surface area contributed by atoms with Gasteiger partial charge in [-0.15, -0.1) is 0 Å². The smallest absolute Gasteiger partial charge is 0.194 e. The van der Waals surface area contributed by atoms with Crippen molar-refractivity contribution < 1.29 is 4.79 Å². The molecule has 140 valence electrons.